The number of imidazole rings is 1. The number of aromatic amines is 1. The van der Waals surface area contributed by atoms with Gasteiger partial charge in [0, 0.05) is 12.4 Å². The predicted octanol–water partition coefficient (Wildman–Crippen LogP) is -5.58. The molecule has 4 heteroatoms. The fourth-order valence-corrected chi connectivity index (χ4v) is 0.215. The molecule has 0 amide bonds. The Morgan fingerprint density at radius 3 is 2.29 bits per heavy atom. The Hall–Kier alpha value is 1.19. The molecule has 0 aromatic carbocycles. The Bertz CT molecular complexity index is 69.4. The zero-order valence-electron chi connectivity index (χ0n) is 4.06. The Labute approximate surface area is 99.9 Å². The minimum absolute atomic E-state index is 0. The molecule has 34 valence electrons. The van der Waals surface area contributed by atoms with E-state index in [4.69, 9.17) is 0 Å². The molecule has 1 aromatic rings. The molecule has 1 N–H and O–H groups in total. The van der Waals surface area contributed by atoms with E-state index < -0.39 is 0 Å². The molecule has 0 unspecified atom stereocenters. The summed E-state index contributed by atoms with van der Waals surface area (Å²) in [5, 5.41) is 0. The maximum absolute atomic E-state index is 3.67. The van der Waals surface area contributed by atoms with Crippen molar-refractivity contribution in [2.45, 2.75) is 0 Å². The van der Waals surface area contributed by atoms with Gasteiger partial charge in [0.05, 0.1) is 6.33 Å². The first kappa shape index (κ1) is 11.1. The van der Waals surface area contributed by atoms with E-state index >= 15 is 0 Å². The fourth-order valence-electron chi connectivity index (χ4n) is 0.215. The first-order valence-electron chi connectivity index (χ1n) is 1.43. The van der Waals surface area contributed by atoms with Crippen LogP contribution in [0.4, 0.5) is 0 Å². The van der Waals surface area contributed by atoms with Gasteiger partial charge in [0.2, 0.25) is 0 Å². The average Bonchev–Trinajstić information content (AvgIpc) is 1.76. The zero-order chi connectivity index (χ0) is 3.54. The van der Waals surface area contributed by atoms with Gasteiger partial charge in [-0.2, -0.15) is 0 Å². The minimum Gasteiger partial charge on any atom is -1.00 e. The van der Waals surface area contributed by atoms with Gasteiger partial charge in [-0.1, -0.05) is 0 Å². The molecule has 0 radical (unpaired) electrons. The van der Waals surface area contributed by atoms with Crippen molar-refractivity contribution in [3.63, 3.8) is 0 Å². The van der Waals surface area contributed by atoms with Crippen LogP contribution in [0.5, 0.6) is 0 Å². The molecule has 0 aliphatic carbocycles. The van der Waals surface area contributed by atoms with Crippen LogP contribution in [0.2, 0.25) is 0 Å². The average molecular weight is 220 g/mol. The quantitative estimate of drug-likeness (QED) is 0.464. The van der Waals surface area contributed by atoms with Gasteiger partial charge in [0.15, 0.2) is 0 Å². The standard InChI is InChI=1S/C3H4N2.Cs.FH/c1-2-5-3-4-1;;/h1-3H,(H,4,5);;1H/q;+1;/p-1. The molecule has 0 saturated heterocycles. The van der Waals surface area contributed by atoms with Crippen LogP contribution >= 0.6 is 0 Å². The number of aromatic nitrogens is 2. The van der Waals surface area contributed by atoms with Crippen molar-refractivity contribution in [2.24, 2.45) is 0 Å². The Morgan fingerprint density at radius 2 is 2.14 bits per heavy atom. The third kappa shape index (κ3) is 5.06. The van der Waals surface area contributed by atoms with Crippen molar-refractivity contribution in [1.82, 2.24) is 9.97 Å². The van der Waals surface area contributed by atoms with Crippen molar-refractivity contribution < 1.29 is 73.6 Å². The number of rotatable bonds is 0. The fraction of sp³-hybridized carbons (Fsp3) is 0. The van der Waals surface area contributed by atoms with E-state index in [1.54, 1.807) is 18.7 Å². The van der Waals surface area contributed by atoms with Crippen LogP contribution in [-0.2, 0) is 0 Å². The number of hydrogen-bond acceptors (Lipinski definition) is 1. The van der Waals surface area contributed by atoms with Gasteiger partial charge >= 0.3 is 68.9 Å². The second kappa shape index (κ2) is 7.19. The van der Waals surface area contributed by atoms with Crippen molar-refractivity contribution in [2.75, 3.05) is 0 Å². The van der Waals surface area contributed by atoms with E-state index in [-0.39, 0.29) is 73.6 Å². The van der Waals surface area contributed by atoms with E-state index in [9.17, 15) is 0 Å². The molecule has 1 heterocycles. The summed E-state index contributed by atoms with van der Waals surface area (Å²) in [6.07, 6.45) is 5.08. The number of nitrogens with zero attached hydrogens (tertiary/aromatic N) is 1. The van der Waals surface area contributed by atoms with E-state index in [2.05, 4.69) is 9.97 Å². The van der Waals surface area contributed by atoms with Crippen LogP contribution in [0.15, 0.2) is 18.7 Å². The molecule has 0 atom stereocenters. The van der Waals surface area contributed by atoms with Crippen LogP contribution in [0.1, 0.15) is 0 Å². The monoisotopic (exact) mass is 220 g/mol. The normalized spacial score (nSPS) is 5.71. The molecule has 0 aliphatic rings. The number of hydrogen-bond donors (Lipinski definition) is 1. The summed E-state index contributed by atoms with van der Waals surface area (Å²) in [5.74, 6) is 0. The number of halogens is 1. The summed E-state index contributed by atoms with van der Waals surface area (Å²) in [7, 11) is 0. The Balaban J connectivity index is 0. The summed E-state index contributed by atoms with van der Waals surface area (Å²) in [6, 6.07) is 0. The summed E-state index contributed by atoms with van der Waals surface area (Å²) in [6.45, 7) is 0. The van der Waals surface area contributed by atoms with Crippen LogP contribution in [-0.4, -0.2) is 9.97 Å². The molecule has 0 bridgehead atoms. The van der Waals surface area contributed by atoms with Crippen LogP contribution < -0.4 is 73.6 Å². The van der Waals surface area contributed by atoms with E-state index in [0.29, 0.717) is 0 Å². The second-order valence-corrected chi connectivity index (χ2v) is 0.761. The molecular weight excluding hydrogens is 216 g/mol. The van der Waals surface area contributed by atoms with Crippen LogP contribution in [0.3, 0.4) is 0 Å². The largest absolute Gasteiger partial charge is 1.00 e. The van der Waals surface area contributed by atoms with Crippen molar-refractivity contribution in [3.8, 4) is 0 Å². The summed E-state index contributed by atoms with van der Waals surface area (Å²) in [5.41, 5.74) is 0. The van der Waals surface area contributed by atoms with Crippen molar-refractivity contribution >= 4 is 0 Å². The summed E-state index contributed by atoms with van der Waals surface area (Å²) in [4.78, 5) is 6.42. The molecule has 0 spiro atoms. The molecular formula is C3H4CsFN2. The SMILES string of the molecule is [Cs+].[F-].c1c[nH]cn1. The molecule has 1 rings (SSSR count). The maximum Gasteiger partial charge on any atom is 1.00 e. The Kier molecular flexibility index (Phi) is 11.4. The second-order valence-electron chi connectivity index (χ2n) is 0.761. The third-order valence-electron chi connectivity index (χ3n) is 0.406. The number of H-pyrrole nitrogens is 1. The molecule has 2 nitrogen and oxygen atoms in total. The first-order valence-corrected chi connectivity index (χ1v) is 1.43. The van der Waals surface area contributed by atoms with Crippen molar-refractivity contribution in [3.05, 3.63) is 18.7 Å². The topological polar surface area (TPSA) is 28.7 Å². The van der Waals surface area contributed by atoms with E-state index in [1.807, 2.05) is 0 Å². The van der Waals surface area contributed by atoms with Gasteiger partial charge in [0.1, 0.15) is 0 Å². The molecule has 0 aliphatic heterocycles. The molecule has 0 saturated carbocycles. The molecule has 0 fully saturated rings. The third-order valence-corrected chi connectivity index (χ3v) is 0.406. The van der Waals surface area contributed by atoms with Gasteiger partial charge in [0.25, 0.3) is 0 Å². The maximum atomic E-state index is 3.67. The van der Waals surface area contributed by atoms with E-state index in [1.165, 1.54) is 0 Å². The Morgan fingerprint density at radius 1 is 1.43 bits per heavy atom. The van der Waals surface area contributed by atoms with Gasteiger partial charge in [-0.15, -0.1) is 0 Å². The van der Waals surface area contributed by atoms with Gasteiger partial charge in [-0.3, -0.25) is 0 Å². The minimum atomic E-state index is 0. The van der Waals surface area contributed by atoms with Gasteiger partial charge in [-0.05, 0) is 0 Å². The van der Waals surface area contributed by atoms with Crippen LogP contribution in [0.25, 0.3) is 0 Å². The number of nitrogens with one attached hydrogen (secondary N) is 1. The van der Waals surface area contributed by atoms with Crippen LogP contribution in [0, 0.1) is 0 Å². The summed E-state index contributed by atoms with van der Waals surface area (Å²) < 4.78 is 0. The molecule has 7 heavy (non-hydrogen) atoms. The van der Waals surface area contributed by atoms with Crippen molar-refractivity contribution in [1.29, 1.82) is 0 Å². The summed E-state index contributed by atoms with van der Waals surface area (Å²) >= 11 is 0. The predicted molar refractivity (Wildman–Crippen MR) is 18.6 cm³/mol. The smallest absolute Gasteiger partial charge is 1.00 e. The first-order chi connectivity index (χ1) is 2.50. The zero-order valence-corrected chi connectivity index (χ0v) is 10.3. The van der Waals surface area contributed by atoms with E-state index in [0.717, 1.165) is 0 Å². The molecule has 1 aromatic heterocycles. The van der Waals surface area contributed by atoms with Gasteiger partial charge in [-0.25, -0.2) is 4.98 Å². The van der Waals surface area contributed by atoms with Gasteiger partial charge < -0.3 is 9.69 Å².